The highest BCUT2D eigenvalue weighted by Gasteiger charge is 1.92. The molecule has 2 nitrogen and oxygen atoms in total. The topological polar surface area (TPSA) is 24.1 Å². The lowest BCUT2D eigenvalue weighted by Gasteiger charge is -2.07. The Morgan fingerprint density at radius 2 is 2.00 bits per heavy atom. The van der Waals surface area contributed by atoms with E-state index < -0.39 is 0 Å². The van der Waals surface area contributed by atoms with Gasteiger partial charge in [0.25, 0.3) is 0 Å². The van der Waals surface area contributed by atoms with Crippen LogP contribution in [-0.2, 0) is 0 Å². The maximum absolute atomic E-state index is 3.38. The Balaban J connectivity index is 2.46. The van der Waals surface area contributed by atoms with Gasteiger partial charge in [-0.15, -0.1) is 0 Å². The van der Waals surface area contributed by atoms with Crippen LogP contribution in [0.25, 0.3) is 0 Å². The van der Waals surface area contributed by atoms with Gasteiger partial charge >= 0.3 is 0 Å². The molecule has 2 N–H and O–H groups in total. The summed E-state index contributed by atoms with van der Waals surface area (Å²) in [5.74, 6) is 0. The van der Waals surface area contributed by atoms with Gasteiger partial charge in [0.1, 0.15) is 0 Å². The third-order valence-electron chi connectivity index (χ3n) is 2.01. The van der Waals surface area contributed by atoms with Gasteiger partial charge in [-0.3, -0.25) is 0 Å². The lowest BCUT2D eigenvalue weighted by molar-refractivity contribution is 0.834. The van der Waals surface area contributed by atoms with Crippen molar-refractivity contribution in [1.29, 1.82) is 0 Å². The van der Waals surface area contributed by atoms with Crippen molar-refractivity contribution < 1.29 is 0 Å². The van der Waals surface area contributed by atoms with Gasteiger partial charge in [-0.1, -0.05) is 19.4 Å². The molecule has 0 unspecified atom stereocenters. The molecule has 0 amide bonds. The van der Waals surface area contributed by atoms with Crippen LogP contribution in [0.5, 0.6) is 0 Å². The molecule has 1 rings (SSSR count). The molecule has 0 aromatic heterocycles. The molecule has 0 spiro atoms. The predicted molar refractivity (Wildman–Crippen MR) is 59.4 cm³/mol. The molecule has 0 aliphatic carbocycles. The average Bonchev–Trinajstić information content (AvgIpc) is 2.19. The smallest absolute Gasteiger partial charge is 0.0360 e. The third-order valence-corrected chi connectivity index (χ3v) is 2.01. The minimum atomic E-state index is 1.06. The quantitative estimate of drug-likeness (QED) is 0.677. The molecule has 2 heteroatoms. The van der Waals surface area contributed by atoms with Crippen molar-refractivity contribution in [2.24, 2.45) is 0 Å². The second-order valence-electron chi connectivity index (χ2n) is 3.11. The van der Waals surface area contributed by atoms with E-state index in [0.717, 1.165) is 12.2 Å². The summed E-state index contributed by atoms with van der Waals surface area (Å²) in [6, 6.07) is 8.33. The zero-order valence-electron chi connectivity index (χ0n) is 8.43. The first-order chi connectivity index (χ1) is 6.36. The zero-order valence-corrected chi connectivity index (χ0v) is 8.43. The van der Waals surface area contributed by atoms with E-state index in [1.54, 1.807) is 0 Å². The van der Waals surface area contributed by atoms with E-state index in [1.807, 2.05) is 7.05 Å². The van der Waals surface area contributed by atoms with Crippen LogP contribution >= 0.6 is 0 Å². The summed E-state index contributed by atoms with van der Waals surface area (Å²) < 4.78 is 0. The molecule has 0 heterocycles. The van der Waals surface area contributed by atoms with Gasteiger partial charge in [-0.05, 0) is 24.6 Å². The Hall–Kier alpha value is -1.18. The van der Waals surface area contributed by atoms with Gasteiger partial charge in [0, 0.05) is 25.0 Å². The molecular formula is C11H18N2. The number of hydrogen-bond donors (Lipinski definition) is 2. The first kappa shape index (κ1) is 9.90. The summed E-state index contributed by atoms with van der Waals surface area (Å²) >= 11 is 0. The van der Waals surface area contributed by atoms with E-state index in [0.29, 0.717) is 0 Å². The number of benzene rings is 1. The molecular weight excluding hydrogens is 160 g/mol. The van der Waals surface area contributed by atoms with E-state index >= 15 is 0 Å². The number of nitrogens with one attached hydrogen (secondary N) is 2. The molecule has 0 fully saturated rings. The maximum Gasteiger partial charge on any atom is 0.0360 e. The Morgan fingerprint density at radius 1 is 1.23 bits per heavy atom. The minimum Gasteiger partial charge on any atom is -0.388 e. The number of hydrogen-bond acceptors (Lipinski definition) is 2. The Labute approximate surface area is 80.4 Å². The Morgan fingerprint density at radius 3 is 2.69 bits per heavy atom. The highest BCUT2D eigenvalue weighted by atomic mass is 14.9. The fourth-order valence-electron chi connectivity index (χ4n) is 1.19. The molecule has 1 aromatic rings. The lowest BCUT2D eigenvalue weighted by Crippen LogP contribution is -2.00. The molecule has 0 saturated carbocycles. The van der Waals surface area contributed by atoms with Crippen molar-refractivity contribution in [3.63, 3.8) is 0 Å². The van der Waals surface area contributed by atoms with Crippen molar-refractivity contribution in [2.45, 2.75) is 19.8 Å². The largest absolute Gasteiger partial charge is 0.388 e. The van der Waals surface area contributed by atoms with Crippen LogP contribution < -0.4 is 10.6 Å². The highest BCUT2D eigenvalue weighted by molar-refractivity contribution is 5.56. The zero-order chi connectivity index (χ0) is 9.52. The number of unbranched alkanes of at least 4 members (excludes halogenated alkanes) is 1. The van der Waals surface area contributed by atoms with Crippen molar-refractivity contribution in [2.75, 3.05) is 24.2 Å². The lowest BCUT2D eigenvalue weighted by atomic mass is 10.2. The second kappa shape index (κ2) is 5.46. The van der Waals surface area contributed by atoms with Crippen molar-refractivity contribution >= 4 is 11.4 Å². The highest BCUT2D eigenvalue weighted by Crippen LogP contribution is 2.14. The Kier molecular flexibility index (Phi) is 4.16. The normalized spacial score (nSPS) is 9.69. The van der Waals surface area contributed by atoms with E-state index in [-0.39, 0.29) is 0 Å². The van der Waals surface area contributed by atoms with Gasteiger partial charge in [0.15, 0.2) is 0 Å². The Bertz CT molecular complexity index is 246. The maximum atomic E-state index is 3.38. The van der Waals surface area contributed by atoms with Crippen LogP contribution in [0.2, 0.25) is 0 Å². The summed E-state index contributed by atoms with van der Waals surface area (Å²) in [6.45, 7) is 3.26. The van der Waals surface area contributed by atoms with Crippen molar-refractivity contribution in [3.05, 3.63) is 24.3 Å². The molecule has 0 radical (unpaired) electrons. The van der Waals surface area contributed by atoms with Crippen LogP contribution in [0, 0.1) is 0 Å². The molecule has 1 aromatic carbocycles. The minimum absolute atomic E-state index is 1.06. The molecule has 13 heavy (non-hydrogen) atoms. The van der Waals surface area contributed by atoms with Crippen molar-refractivity contribution in [3.8, 4) is 0 Å². The molecule has 0 bridgehead atoms. The summed E-state index contributed by atoms with van der Waals surface area (Å²) in [4.78, 5) is 0. The van der Waals surface area contributed by atoms with E-state index in [1.165, 1.54) is 18.5 Å². The fraction of sp³-hybridized carbons (Fsp3) is 0.455. The summed E-state index contributed by atoms with van der Waals surface area (Å²) in [7, 11) is 1.94. The second-order valence-corrected chi connectivity index (χ2v) is 3.11. The first-order valence-corrected chi connectivity index (χ1v) is 4.88. The van der Waals surface area contributed by atoms with E-state index in [4.69, 9.17) is 0 Å². The van der Waals surface area contributed by atoms with Crippen molar-refractivity contribution in [1.82, 2.24) is 0 Å². The van der Waals surface area contributed by atoms with Crippen LogP contribution in [0.3, 0.4) is 0 Å². The SMILES string of the molecule is CCCCNc1cccc(NC)c1. The average molecular weight is 178 g/mol. The van der Waals surface area contributed by atoms with Gasteiger partial charge in [-0.25, -0.2) is 0 Å². The van der Waals surface area contributed by atoms with Crippen LogP contribution in [0.1, 0.15) is 19.8 Å². The van der Waals surface area contributed by atoms with Gasteiger partial charge in [-0.2, -0.15) is 0 Å². The third kappa shape index (κ3) is 3.36. The first-order valence-electron chi connectivity index (χ1n) is 4.88. The fourth-order valence-corrected chi connectivity index (χ4v) is 1.19. The van der Waals surface area contributed by atoms with Crippen LogP contribution in [0.4, 0.5) is 11.4 Å². The summed E-state index contributed by atoms with van der Waals surface area (Å²) in [5.41, 5.74) is 2.35. The molecule has 0 aliphatic rings. The van der Waals surface area contributed by atoms with Gasteiger partial charge in [0.05, 0.1) is 0 Å². The summed E-state index contributed by atoms with van der Waals surface area (Å²) in [6.07, 6.45) is 2.46. The van der Waals surface area contributed by atoms with Crippen LogP contribution in [0.15, 0.2) is 24.3 Å². The molecule has 72 valence electrons. The number of anilines is 2. The molecule has 0 saturated heterocycles. The monoisotopic (exact) mass is 178 g/mol. The number of rotatable bonds is 5. The molecule has 0 atom stereocenters. The van der Waals surface area contributed by atoms with Gasteiger partial charge in [0.2, 0.25) is 0 Å². The van der Waals surface area contributed by atoms with Gasteiger partial charge < -0.3 is 10.6 Å². The van der Waals surface area contributed by atoms with Crippen LogP contribution in [-0.4, -0.2) is 13.6 Å². The predicted octanol–water partition coefficient (Wildman–Crippen LogP) is 2.94. The molecule has 0 aliphatic heterocycles. The summed E-state index contributed by atoms with van der Waals surface area (Å²) in [5, 5.41) is 6.50. The van der Waals surface area contributed by atoms with E-state index in [9.17, 15) is 0 Å². The van der Waals surface area contributed by atoms with E-state index in [2.05, 4.69) is 41.8 Å². The standard InChI is InChI=1S/C11H18N2/c1-3-4-8-13-11-7-5-6-10(9-11)12-2/h5-7,9,12-13H,3-4,8H2,1-2H3.